The lowest BCUT2D eigenvalue weighted by Crippen LogP contribution is -1.95. The molecule has 1 rings (SSSR count). The van der Waals surface area contributed by atoms with Crippen molar-refractivity contribution in [2.24, 2.45) is 0 Å². The van der Waals surface area contributed by atoms with Gasteiger partial charge in [0.1, 0.15) is 0 Å². The van der Waals surface area contributed by atoms with Crippen LogP contribution in [0.15, 0.2) is 30.8 Å². The van der Waals surface area contributed by atoms with Crippen molar-refractivity contribution >= 4 is 18.2 Å². The average Bonchev–Trinajstić information content (AvgIpc) is 2.06. The maximum absolute atomic E-state index is 10.1. The quantitative estimate of drug-likeness (QED) is 0.650. The molecule has 0 aliphatic carbocycles. The highest BCUT2D eigenvalue weighted by Gasteiger charge is 1.93. The zero-order valence-electron chi connectivity index (χ0n) is 6.08. The first-order valence-corrected chi connectivity index (χ1v) is 3.30. The van der Waals surface area contributed by atoms with E-state index in [9.17, 15) is 4.79 Å². The molecule has 1 amide bonds. The molecule has 1 N–H and O–H groups in total. The lowest BCUT2D eigenvalue weighted by molar-refractivity contribution is -0.105. The third-order valence-corrected chi connectivity index (χ3v) is 1.40. The van der Waals surface area contributed by atoms with Gasteiger partial charge >= 0.3 is 0 Å². The van der Waals surface area contributed by atoms with E-state index in [1.807, 2.05) is 24.3 Å². The second kappa shape index (κ2) is 3.56. The molecule has 56 valence electrons. The lowest BCUT2D eigenvalue weighted by atomic mass is 10.2. The SMILES string of the molecule is C=Cc1ccccc1NC=O. The van der Waals surface area contributed by atoms with E-state index >= 15 is 0 Å². The molecule has 11 heavy (non-hydrogen) atoms. The summed E-state index contributed by atoms with van der Waals surface area (Å²) in [5, 5.41) is 2.58. The summed E-state index contributed by atoms with van der Waals surface area (Å²) in [4.78, 5) is 10.1. The summed E-state index contributed by atoms with van der Waals surface area (Å²) in [6.45, 7) is 3.62. The molecule has 2 nitrogen and oxygen atoms in total. The third-order valence-electron chi connectivity index (χ3n) is 1.40. The number of nitrogens with one attached hydrogen (secondary N) is 1. The summed E-state index contributed by atoms with van der Waals surface area (Å²) in [6.07, 6.45) is 2.36. The van der Waals surface area contributed by atoms with Crippen molar-refractivity contribution in [1.29, 1.82) is 0 Å². The van der Waals surface area contributed by atoms with Gasteiger partial charge in [0.15, 0.2) is 0 Å². The zero-order valence-corrected chi connectivity index (χ0v) is 6.08. The molecular weight excluding hydrogens is 138 g/mol. The Kier molecular flexibility index (Phi) is 2.44. The van der Waals surface area contributed by atoms with E-state index in [1.54, 1.807) is 6.08 Å². The third kappa shape index (κ3) is 1.67. The first kappa shape index (κ1) is 7.54. The summed E-state index contributed by atoms with van der Waals surface area (Å²) in [5.41, 5.74) is 1.72. The van der Waals surface area contributed by atoms with Crippen molar-refractivity contribution in [3.8, 4) is 0 Å². The summed E-state index contributed by atoms with van der Waals surface area (Å²) >= 11 is 0. The van der Waals surface area contributed by atoms with E-state index < -0.39 is 0 Å². The molecule has 0 fully saturated rings. The molecule has 2 heteroatoms. The smallest absolute Gasteiger partial charge is 0.211 e. The van der Waals surface area contributed by atoms with Crippen molar-refractivity contribution in [3.63, 3.8) is 0 Å². The van der Waals surface area contributed by atoms with Crippen LogP contribution < -0.4 is 5.32 Å². The Bertz CT molecular complexity index is 268. The number of para-hydroxylation sites is 1. The first-order valence-electron chi connectivity index (χ1n) is 3.30. The number of carbonyl (C=O) groups is 1. The molecule has 0 saturated carbocycles. The van der Waals surface area contributed by atoms with Crippen molar-refractivity contribution in [3.05, 3.63) is 36.4 Å². The van der Waals surface area contributed by atoms with Crippen molar-refractivity contribution in [2.75, 3.05) is 5.32 Å². The number of carbonyl (C=O) groups excluding carboxylic acids is 1. The van der Waals surface area contributed by atoms with Crippen molar-refractivity contribution in [1.82, 2.24) is 0 Å². The highest BCUT2D eigenvalue weighted by Crippen LogP contribution is 2.14. The fraction of sp³-hybridized carbons (Fsp3) is 0. The fourth-order valence-electron chi connectivity index (χ4n) is 0.870. The highest BCUT2D eigenvalue weighted by molar-refractivity contribution is 5.77. The monoisotopic (exact) mass is 147 g/mol. The maximum atomic E-state index is 10.1. The average molecular weight is 147 g/mol. The standard InChI is InChI=1S/C9H9NO/c1-2-8-5-3-4-6-9(8)10-7-11/h2-7H,1H2,(H,10,11). The Morgan fingerprint density at radius 2 is 2.09 bits per heavy atom. The largest absolute Gasteiger partial charge is 0.328 e. The van der Waals surface area contributed by atoms with E-state index in [1.165, 1.54) is 0 Å². The molecule has 0 aliphatic rings. The first-order chi connectivity index (χ1) is 5.38. The minimum atomic E-state index is 0.655. The van der Waals surface area contributed by atoms with Crippen LogP contribution in [0.4, 0.5) is 5.69 Å². The Morgan fingerprint density at radius 1 is 1.36 bits per heavy atom. The number of amides is 1. The molecule has 0 spiro atoms. The molecule has 0 saturated heterocycles. The molecule has 0 bridgehead atoms. The van der Waals surface area contributed by atoms with E-state index in [4.69, 9.17) is 0 Å². The van der Waals surface area contributed by atoms with Crippen molar-refractivity contribution < 1.29 is 4.79 Å². The molecule has 1 aromatic carbocycles. The van der Waals surface area contributed by atoms with E-state index in [0.717, 1.165) is 11.3 Å². The van der Waals surface area contributed by atoms with E-state index in [0.29, 0.717) is 6.41 Å². The molecule has 1 aromatic rings. The van der Waals surface area contributed by atoms with Crippen LogP contribution in [0.25, 0.3) is 6.08 Å². The van der Waals surface area contributed by atoms with Crippen molar-refractivity contribution in [2.45, 2.75) is 0 Å². The number of anilines is 1. The number of rotatable bonds is 3. The fourth-order valence-corrected chi connectivity index (χ4v) is 0.870. The van der Waals surface area contributed by atoms with Gasteiger partial charge in [-0.15, -0.1) is 0 Å². The van der Waals surface area contributed by atoms with Crippen LogP contribution in [0, 0.1) is 0 Å². The minimum absolute atomic E-state index is 0.655. The Morgan fingerprint density at radius 3 is 2.73 bits per heavy atom. The Labute approximate surface area is 65.5 Å². The topological polar surface area (TPSA) is 29.1 Å². The van der Waals surface area contributed by atoms with Crippen LogP contribution in [-0.4, -0.2) is 6.41 Å². The summed E-state index contributed by atoms with van der Waals surface area (Å²) in [5.74, 6) is 0. The minimum Gasteiger partial charge on any atom is -0.328 e. The summed E-state index contributed by atoms with van der Waals surface area (Å²) in [6, 6.07) is 7.47. The summed E-state index contributed by atoms with van der Waals surface area (Å²) in [7, 11) is 0. The van der Waals surface area contributed by atoms with Gasteiger partial charge in [0.2, 0.25) is 6.41 Å². The van der Waals surface area contributed by atoms with E-state index in [-0.39, 0.29) is 0 Å². The Balaban J connectivity index is 3.01. The molecule has 0 aromatic heterocycles. The molecule has 0 unspecified atom stereocenters. The normalized spacial score (nSPS) is 8.73. The Hall–Kier alpha value is -1.57. The second-order valence-electron chi connectivity index (χ2n) is 2.05. The van der Waals surface area contributed by atoms with Gasteiger partial charge in [-0.3, -0.25) is 4.79 Å². The van der Waals surface area contributed by atoms with Crippen LogP contribution in [0.5, 0.6) is 0 Å². The molecule has 0 radical (unpaired) electrons. The number of hydrogen-bond acceptors (Lipinski definition) is 1. The summed E-state index contributed by atoms with van der Waals surface area (Å²) < 4.78 is 0. The van der Waals surface area contributed by atoms with Gasteiger partial charge in [0.05, 0.1) is 0 Å². The van der Waals surface area contributed by atoms with Gasteiger partial charge in [0.25, 0.3) is 0 Å². The van der Waals surface area contributed by atoms with Gasteiger partial charge < -0.3 is 5.32 Å². The van der Waals surface area contributed by atoms with Crippen LogP contribution in [0.3, 0.4) is 0 Å². The maximum Gasteiger partial charge on any atom is 0.211 e. The van der Waals surface area contributed by atoms with Gasteiger partial charge in [-0.25, -0.2) is 0 Å². The number of benzene rings is 1. The highest BCUT2D eigenvalue weighted by atomic mass is 16.1. The van der Waals surface area contributed by atoms with Gasteiger partial charge in [-0.2, -0.15) is 0 Å². The molecule has 0 heterocycles. The molecule has 0 atom stereocenters. The molecular formula is C9H9NO. The van der Waals surface area contributed by atoms with Gasteiger partial charge in [0, 0.05) is 5.69 Å². The van der Waals surface area contributed by atoms with E-state index in [2.05, 4.69) is 11.9 Å². The predicted octanol–water partition coefficient (Wildman–Crippen LogP) is 1.90. The molecule has 0 aliphatic heterocycles. The van der Waals surface area contributed by atoms with Crippen LogP contribution in [0.1, 0.15) is 5.56 Å². The predicted molar refractivity (Wildman–Crippen MR) is 46.2 cm³/mol. The van der Waals surface area contributed by atoms with Gasteiger partial charge in [-0.1, -0.05) is 30.9 Å². The number of hydrogen-bond donors (Lipinski definition) is 1. The van der Waals surface area contributed by atoms with Crippen LogP contribution in [-0.2, 0) is 4.79 Å². The van der Waals surface area contributed by atoms with Crippen LogP contribution >= 0.6 is 0 Å². The second-order valence-corrected chi connectivity index (χ2v) is 2.05. The lowest BCUT2D eigenvalue weighted by Gasteiger charge is -2.01. The van der Waals surface area contributed by atoms with Gasteiger partial charge in [-0.05, 0) is 11.6 Å². The van der Waals surface area contributed by atoms with Crippen LogP contribution in [0.2, 0.25) is 0 Å². The zero-order chi connectivity index (χ0) is 8.10.